The van der Waals surface area contributed by atoms with E-state index >= 15 is 0 Å². The second-order valence-corrected chi connectivity index (χ2v) is 7.86. The average Bonchev–Trinajstić information content (AvgIpc) is 3.25. The third-order valence-electron chi connectivity index (χ3n) is 4.88. The van der Waals surface area contributed by atoms with E-state index in [1.54, 1.807) is 4.90 Å². The van der Waals surface area contributed by atoms with Gasteiger partial charge in [0, 0.05) is 24.0 Å². The minimum Gasteiger partial charge on any atom is -0.469 e. The molecule has 0 aliphatic carbocycles. The molecule has 3 rings (SSSR count). The number of hydrogen-bond acceptors (Lipinski definition) is 5. The fraction of sp³-hybridized carbons (Fsp3) is 0.292. The SMILES string of the molecule is CCc1ccc(-c2nc(CC(=O)N(CCC(=O)OC)Cc3ccccc3)cs2)cc1. The predicted molar refractivity (Wildman–Crippen MR) is 119 cm³/mol. The molecule has 1 amide bonds. The summed E-state index contributed by atoms with van der Waals surface area (Å²) in [6.07, 6.45) is 1.37. The van der Waals surface area contributed by atoms with E-state index in [0.717, 1.165) is 28.2 Å². The Balaban J connectivity index is 1.69. The van der Waals surface area contributed by atoms with Gasteiger partial charge in [-0.05, 0) is 17.5 Å². The number of nitrogens with zero attached hydrogens (tertiary/aromatic N) is 2. The lowest BCUT2D eigenvalue weighted by atomic mass is 10.1. The summed E-state index contributed by atoms with van der Waals surface area (Å²) < 4.78 is 4.73. The molecular formula is C24H26N2O3S. The maximum Gasteiger partial charge on any atom is 0.307 e. The maximum atomic E-state index is 13.0. The van der Waals surface area contributed by atoms with Crippen LogP contribution in [0.5, 0.6) is 0 Å². The molecule has 0 saturated carbocycles. The van der Waals surface area contributed by atoms with Crippen molar-refractivity contribution in [2.75, 3.05) is 13.7 Å². The van der Waals surface area contributed by atoms with Crippen LogP contribution < -0.4 is 0 Å². The van der Waals surface area contributed by atoms with Gasteiger partial charge in [0.25, 0.3) is 0 Å². The number of aromatic nitrogens is 1. The molecule has 0 spiro atoms. The van der Waals surface area contributed by atoms with Crippen molar-refractivity contribution >= 4 is 23.2 Å². The number of carbonyl (C=O) groups is 2. The molecule has 0 aliphatic heterocycles. The first-order valence-corrected chi connectivity index (χ1v) is 10.9. The van der Waals surface area contributed by atoms with Crippen LogP contribution in [0, 0.1) is 0 Å². The van der Waals surface area contributed by atoms with E-state index in [1.165, 1.54) is 24.0 Å². The molecule has 3 aromatic rings. The first-order chi connectivity index (χ1) is 14.6. The van der Waals surface area contributed by atoms with E-state index < -0.39 is 0 Å². The molecule has 1 heterocycles. The molecule has 2 aromatic carbocycles. The van der Waals surface area contributed by atoms with E-state index in [-0.39, 0.29) is 24.7 Å². The Morgan fingerprint density at radius 1 is 1.03 bits per heavy atom. The first kappa shape index (κ1) is 21.7. The van der Waals surface area contributed by atoms with Crippen LogP contribution in [0.3, 0.4) is 0 Å². The summed E-state index contributed by atoms with van der Waals surface area (Å²) in [7, 11) is 1.36. The lowest BCUT2D eigenvalue weighted by Gasteiger charge is -2.22. The molecule has 0 fully saturated rings. The van der Waals surface area contributed by atoms with E-state index in [0.29, 0.717) is 13.1 Å². The molecule has 156 valence electrons. The number of aryl methyl sites for hydroxylation is 1. The Morgan fingerprint density at radius 3 is 2.43 bits per heavy atom. The molecule has 0 aliphatic rings. The molecule has 30 heavy (non-hydrogen) atoms. The van der Waals surface area contributed by atoms with Crippen molar-refractivity contribution in [2.45, 2.75) is 32.7 Å². The highest BCUT2D eigenvalue weighted by molar-refractivity contribution is 7.13. The predicted octanol–water partition coefficient (Wildman–Crippen LogP) is 4.51. The van der Waals surface area contributed by atoms with Gasteiger partial charge in [0.1, 0.15) is 5.01 Å². The number of ether oxygens (including phenoxy) is 1. The smallest absolute Gasteiger partial charge is 0.307 e. The molecule has 0 radical (unpaired) electrons. The van der Waals surface area contributed by atoms with Gasteiger partial charge in [-0.15, -0.1) is 11.3 Å². The number of rotatable bonds is 9. The fourth-order valence-electron chi connectivity index (χ4n) is 3.09. The van der Waals surface area contributed by atoms with Gasteiger partial charge in [0.15, 0.2) is 0 Å². The molecule has 0 atom stereocenters. The first-order valence-electron chi connectivity index (χ1n) is 10.0. The molecule has 5 nitrogen and oxygen atoms in total. The molecule has 0 saturated heterocycles. The monoisotopic (exact) mass is 422 g/mol. The Morgan fingerprint density at radius 2 is 1.77 bits per heavy atom. The lowest BCUT2D eigenvalue weighted by molar-refractivity contribution is -0.141. The van der Waals surface area contributed by atoms with Crippen molar-refractivity contribution in [3.05, 3.63) is 76.8 Å². The van der Waals surface area contributed by atoms with E-state index in [4.69, 9.17) is 4.74 Å². The Bertz CT molecular complexity index is 968. The number of methoxy groups -OCH3 is 1. The zero-order chi connectivity index (χ0) is 21.3. The Hall–Kier alpha value is -2.99. The number of esters is 1. The maximum absolute atomic E-state index is 13.0. The number of carbonyl (C=O) groups excluding carboxylic acids is 2. The van der Waals surface area contributed by atoms with E-state index in [9.17, 15) is 9.59 Å². The Kier molecular flexibility index (Phi) is 7.74. The molecule has 1 aromatic heterocycles. The summed E-state index contributed by atoms with van der Waals surface area (Å²) in [5, 5.41) is 2.84. The van der Waals surface area contributed by atoms with Gasteiger partial charge in [-0.25, -0.2) is 4.98 Å². The highest BCUT2D eigenvalue weighted by atomic mass is 32.1. The largest absolute Gasteiger partial charge is 0.469 e. The van der Waals surface area contributed by atoms with Crippen molar-refractivity contribution in [2.24, 2.45) is 0 Å². The van der Waals surface area contributed by atoms with Crippen molar-refractivity contribution < 1.29 is 14.3 Å². The van der Waals surface area contributed by atoms with Crippen LogP contribution in [0.4, 0.5) is 0 Å². The normalized spacial score (nSPS) is 10.6. The van der Waals surface area contributed by atoms with E-state index in [1.807, 2.05) is 35.7 Å². The second kappa shape index (κ2) is 10.7. The summed E-state index contributed by atoms with van der Waals surface area (Å²) in [6.45, 7) is 2.89. The van der Waals surface area contributed by atoms with Gasteiger partial charge in [-0.1, -0.05) is 61.5 Å². The van der Waals surface area contributed by atoms with Crippen LogP contribution in [0.25, 0.3) is 10.6 Å². The third kappa shape index (κ3) is 6.00. The van der Waals surface area contributed by atoms with Gasteiger partial charge in [0.05, 0.1) is 25.6 Å². The molecule has 6 heteroatoms. The van der Waals surface area contributed by atoms with Crippen LogP contribution >= 0.6 is 11.3 Å². The van der Waals surface area contributed by atoms with Gasteiger partial charge < -0.3 is 9.64 Å². The van der Waals surface area contributed by atoms with Gasteiger partial charge in [0.2, 0.25) is 5.91 Å². The van der Waals surface area contributed by atoms with Crippen molar-refractivity contribution in [3.8, 4) is 10.6 Å². The summed E-state index contributed by atoms with van der Waals surface area (Å²) in [5.41, 5.74) is 4.11. The minimum atomic E-state index is -0.327. The highest BCUT2D eigenvalue weighted by Gasteiger charge is 2.18. The second-order valence-electron chi connectivity index (χ2n) is 7.00. The van der Waals surface area contributed by atoms with Gasteiger partial charge >= 0.3 is 5.97 Å². The van der Waals surface area contributed by atoms with E-state index in [2.05, 4.69) is 36.2 Å². The number of thiazole rings is 1. The summed E-state index contributed by atoms with van der Waals surface area (Å²) in [6, 6.07) is 18.1. The number of benzene rings is 2. The van der Waals surface area contributed by atoms with Crippen LogP contribution in [-0.4, -0.2) is 35.4 Å². The summed E-state index contributed by atoms with van der Waals surface area (Å²) in [5.74, 6) is -0.381. The lowest BCUT2D eigenvalue weighted by Crippen LogP contribution is -2.34. The number of hydrogen-bond donors (Lipinski definition) is 0. The quantitative estimate of drug-likeness (QED) is 0.476. The molecular weight excluding hydrogens is 396 g/mol. The zero-order valence-corrected chi connectivity index (χ0v) is 18.2. The van der Waals surface area contributed by atoms with Crippen molar-refractivity contribution in [1.29, 1.82) is 0 Å². The van der Waals surface area contributed by atoms with Gasteiger partial charge in [-0.3, -0.25) is 9.59 Å². The average molecular weight is 423 g/mol. The Labute approximate surface area is 181 Å². The third-order valence-corrected chi connectivity index (χ3v) is 5.82. The fourth-order valence-corrected chi connectivity index (χ4v) is 3.92. The number of amides is 1. The molecule has 0 unspecified atom stereocenters. The van der Waals surface area contributed by atoms with Crippen LogP contribution in [0.2, 0.25) is 0 Å². The summed E-state index contributed by atoms with van der Waals surface area (Å²) in [4.78, 5) is 30.9. The molecule has 0 N–H and O–H groups in total. The molecule has 0 bridgehead atoms. The van der Waals surface area contributed by atoms with Crippen molar-refractivity contribution in [3.63, 3.8) is 0 Å². The van der Waals surface area contributed by atoms with Gasteiger partial charge in [-0.2, -0.15) is 0 Å². The van der Waals surface area contributed by atoms with Crippen LogP contribution in [0.1, 0.15) is 30.2 Å². The highest BCUT2D eigenvalue weighted by Crippen LogP contribution is 2.24. The van der Waals surface area contributed by atoms with Crippen LogP contribution in [0.15, 0.2) is 60.0 Å². The zero-order valence-electron chi connectivity index (χ0n) is 17.3. The van der Waals surface area contributed by atoms with Crippen LogP contribution in [-0.2, 0) is 33.7 Å². The minimum absolute atomic E-state index is 0.0547. The summed E-state index contributed by atoms with van der Waals surface area (Å²) >= 11 is 1.54. The standard InChI is InChI=1S/C24H26N2O3S/c1-3-18-9-11-20(12-10-18)24-25-21(17-30-24)15-22(27)26(14-13-23(28)29-2)16-19-7-5-4-6-8-19/h4-12,17H,3,13-16H2,1-2H3. The topological polar surface area (TPSA) is 59.5 Å². The van der Waals surface area contributed by atoms with Crippen molar-refractivity contribution in [1.82, 2.24) is 9.88 Å².